The maximum Gasteiger partial charge on any atom is 0.269 e. The molecule has 1 aliphatic rings. The minimum Gasteiger partial charge on any atom is -0.346 e. The van der Waals surface area contributed by atoms with Gasteiger partial charge in [0.05, 0.1) is 33.8 Å². The third-order valence-corrected chi connectivity index (χ3v) is 11.7. The van der Waals surface area contributed by atoms with Gasteiger partial charge in [-0.15, -0.1) is 0 Å². The number of aromatic nitrogens is 6. The van der Waals surface area contributed by atoms with E-state index in [1.807, 2.05) is 56.4 Å². The summed E-state index contributed by atoms with van der Waals surface area (Å²) in [5.41, 5.74) is 7.47. The number of nitrogens with zero attached hydrogens (tertiary/aromatic N) is 5. The molecule has 0 saturated heterocycles. The van der Waals surface area contributed by atoms with Crippen molar-refractivity contribution in [1.29, 1.82) is 5.26 Å². The van der Waals surface area contributed by atoms with Crippen molar-refractivity contribution in [2.24, 2.45) is 0 Å². The van der Waals surface area contributed by atoms with E-state index in [4.69, 9.17) is 21.6 Å². The zero-order valence-electron chi connectivity index (χ0n) is 32.1. The van der Waals surface area contributed by atoms with Crippen LogP contribution >= 0.6 is 11.6 Å². The van der Waals surface area contributed by atoms with Gasteiger partial charge in [-0.05, 0) is 87.1 Å². The molecule has 1 saturated carbocycles. The van der Waals surface area contributed by atoms with E-state index in [0.717, 1.165) is 47.1 Å². The van der Waals surface area contributed by atoms with Crippen molar-refractivity contribution in [3.05, 3.63) is 173 Å². The topological polar surface area (TPSA) is 159 Å². The first-order valence-electron chi connectivity index (χ1n) is 19.4. The molecule has 0 aliphatic heterocycles. The average Bonchev–Trinajstić information content (AvgIpc) is 3.21. The van der Waals surface area contributed by atoms with Crippen LogP contribution in [-0.4, -0.2) is 29.1 Å². The summed E-state index contributed by atoms with van der Waals surface area (Å²) >= 11 is 6.72. The molecule has 8 aromatic rings. The van der Waals surface area contributed by atoms with Crippen LogP contribution in [0, 0.1) is 18.3 Å². The predicted octanol–water partition coefficient (Wildman–Crippen LogP) is 8.51. The second kappa shape index (κ2) is 15.0. The van der Waals surface area contributed by atoms with Crippen LogP contribution in [0.15, 0.2) is 129 Å². The van der Waals surface area contributed by atoms with Crippen LogP contribution in [0.3, 0.4) is 0 Å². The number of nitrogens with one attached hydrogen (secondary N) is 2. The van der Waals surface area contributed by atoms with Crippen LogP contribution < -0.4 is 22.0 Å². The first-order chi connectivity index (χ1) is 28.6. The third kappa shape index (κ3) is 6.77. The van der Waals surface area contributed by atoms with Gasteiger partial charge in [-0.25, -0.2) is 9.97 Å². The van der Waals surface area contributed by atoms with Crippen LogP contribution in [0.4, 0.5) is 0 Å². The van der Waals surface area contributed by atoms with E-state index in [1.54, 1.807) is 64.1 Å². The van der Waals surface area contributed by atoms with Gasteiger partial charge in [0.25, 0.3) is 11.1 Å². The van der Waals surface area contributed by atoms with Gasteiger partial charge >= 0.3 is 0 Å². The fraction of sp³-hybridized carbons (Fsp3) is 0.170. The number of pyridine rings is 6. The van der Waals surface area contributed by atoms with Crippen molar-refractivity contribution in [2.45, 2.75) is 51.6 Å². The Balaban J connectivity index is 1.13. The zero-order valence-corrected chi connectivity index (χ0v) is 32.9. The van der Waals surface area contributed by atoms with E-state index in [1.165, 1.54) is 12.1 Å². The minimum absolute atomic E-state index is 0.000789. The quantitative estimate of drug-likeness (QED) is 0.156. The van der Waals surface area contributed by atoms with Gasteiger partial charge in [-0.3, -0.25) is 19.2 Å². The standard InChI is InChI=1S/C47H36ClN7O4/c1-26(54-25-32(20-39(48)47(54)59)36-22-38-41(57)15-17-51-46(38)53-44(36)34-11-4-8-30(23-49)27(34)2)18-28-6-3-7-29(19-28)43-35(21-37-40(56)14-16-50-45(37)52-43)31-12-13-42(58)55(24-31)33-9-5-10-33/h3-4,6-8,11-17,19-22,24-26,33H,5,9-10,18H2,1-2H3,(H,50,52,56)(H,51,53,57). The molecule has 2 aromatic carbocycles. The Hall–Kier alpha value is -7.16. The molecule has 2 N–H and O–H groups in total. The second-order valence-electron chi connectivity index (χ2n) is 15.1. The molecule has 0 amide bonds. The van der Waals surface area contributed by atoms with Crippen molar-refractivity contribution >= 4 is 33.7 Å². The van der Waals surface area contributed by atoms with Gasteiger partial charge in [0, 0.05) is 88.5 Å². The number of halogens is 1. The lowest BCUT2D eigenvalue weighted by Crippen LogP contribution is -2.27. The Labute approximate surface area is 341 Å². The van der Waals surface area contributed by atoms with Gasteiger partial charge in [0.15, 0.2) is 10.9 Å². The molecular weight excluding hydrogens is 762 g/mol. The van der Waals surface area contributed by atoms with Crippen molar-refractivity contribution in [2.75, 3.05) is 0 Å². The van der Waals surface area contributed by atoms with E-state index in [0.29, 0.717) is 62.1 Å². The largest absolute Gasteiger partial charge is 0.346 e. The maximum absolute atomic E-state index is 13.8. The lowest BCUT2D eigenvalue weighted by molar-refractivity contribution is 0.306. The SMILES string of the molecule is Cc1c(C#N)cccc1-c1nc2[nH]ccc(=O)c2cc1-c1cc(Cl)c(=O)n(C(C)Cc2cccc(-c3nc4[nH]ccc(=O)c4cc3-c3ccc(=O)n(C4CCC4)c3)c2)c1. The van der Waals surface area contributed by atoms with Crippen LogP contribution in [0.25, 0.3) is 66.8 Å². The molecule has 290 valence electrons. The summed E-state index contributed by atoms with van der Waals surface area (Å²) in [6.07, 6.45) is 10.1. The lowest BCUT2D eigenvalue weighted by atomic mass is 9.92. The van der Waals surface area contributed by atoms with Gasteiger partial charge in [-0.1, -0.05) is 41.9 Å². The number of rotatable bonds is 8. The van der Waals surface area contributed by atoms with Gasteiger partial charge in [0.1, 0.15) is 16.3 Å². The first kappa shape index (κ1) is 37.4. The van der Waals surface area contributed by atoms with Crippen molar-refractivity contribution in [3.8, 4) is 50.8 Å². The summed E-state index contributed by atoms with van der Waals surface area (Å²) in [6, 6.07) is 26.7. The summed E-state index contributed by atoms with van der Waals surface area (Å²) in [5, 5.41) is 10.6. The number of hydrogen-bond donors (Lipinski definition) is 2. The predicted molar refractivity (Wildman–Crippen MR) is 231 cm³/mol. The highest BCUT2D eigenvalue weighted by Gasteiger charge is 2.23. The highest BCUT2D eigenvalue weighted by molar-refractivity contribution is 6.30. The average molecular weight is 798 g/mol. The summed E-state index contributed by atoms with van der Waals surface area (Å²) in [7, 11) is 0. The number of fused-ring (bicyclic) bond motifs is 2. The smallest absolute Gasteiger partial charge is 0.269 e. The fourth-order valence-electron chi connectivity index (χ4n) is 8.01. The fourth-order valence-corrected chi connectivity index (χ4v) is 8.23. The molecule has 9 rings (SSSR count). The van der Waals surface area contributed by atoms with Crippen molar-refractivity contribution < 1.29 is 0 Å². The van der Waals surface area contributed by atoms with Crippen LogP contribution in [0.1, 0.15) is 55.0 Å². The molecule has 1 aliphatic carbocycles. The molecule has 1 fully saturated rings. The van der Waals surface area contributed by atoms with E-state index in [2.05, 4.69) is 16.0 Å². The van der Waals surface area contributed by atoms with E-state index < -0.39 is 0 Å². The Morgan fingerprint density at radius 3 is 2.14 bits per heavy atom. The summed E-state index contributed by atoms with van der Waals surface area (Å²) in [4.78, 5) is 68.7. The lowest BCUT2D eigenvalue weighted by Gasteiger charge is -2.28. The Morgan fingerprint density at radius 1 is 0.780 bits per heavy atom. The summed E-state index contributed by atoms with van der Waals surface area (Å²) in [5.74, 6) is 0. The first-order valence-corrected chi connectivity index (χ1v) is 19.7. The molecule has 1 atom stereocenters. The van der Waals surface area contributed by atoms with Gasteiger partial charge in [-0.2, -0.15) is 5.26 Å². The Morgan fingerprint density at radius 2 is 1.46 bits per heavy atom. The van der Waals surface area contributed by atoms with E-state index in [-0.39, 0.29) is 39.1 Å². The number of nitriles is 1. The minimum atomic E-state index is -0.384. The Bertz CT molecular complexity index is 3300. The van der Waals surface area contributed by atoms with E-state index in [9.17, 15) is 24.4 Å². The molecule has 6 heterocycles. The molecular formula is C47H36ClN7O4. The number of benzene rings is 2. The molecule has 0 spiro atoms. The van der Waals surface area contributed by atoms with Crippen molar-refractivity contribution in [1.82, 2.24) is 29.1 Å². The highest BCUT2D eigenvalue weighted by Crippen LogP contribution is 2.37. The molecule has 6 aromatic heterocycles. The zero-order chi connectivity index (χ0) is 40.9. The summed E-state index contributed by atoms with van der Waals surface area (Å²) in [6.45, 7) is 3.79. The molecule has 11 nitrogen and oxygen atoms in total. The van der Waals surface area contributed by atoms with Crippen LogP contribution in [-0.2, 0) is 6.42 Å². The van der Waals surface area contributed by atoms with E-state index >= 15 is 0 Å². The van der Waals surface area contributed by atoms with Crippen LogP contribution in [0.5, 0.6) is 0 Å². The Kier molecular flexibility index (Phi) is 9.50. The number of hydrogen-bond acceptors (Lipinski definition) is 7. The maximum atomic E-state index is 13.8. The number of H-pyrrole nitrogens is 2. The molecule has 59 heavy (non-hydrogen) atoms. The molecule has 1 unspecified atom stereocenters. The molecule has 12 heteroatoms. The van der Waals surface area contributed by atoms with Gasteiger partial charge < -0.3 is 19.1 Å². The monoisotopic (exact) mass is 797 g/mol. The van der Waals surface area contributed by atoms with Crippen molar-refractivity contribution in [3.63, 3.8) is 0 Å². The van der Waals surface area contributed by atoms with Gasteiger partial charge in [0.2, 0.25) is 0 Å². The molecule has 0 bridgehead atoms. The summed E-state index contributed by atoms with van der Waals surface area (Å²) < 4.78 is 3.39. The molecule has 0 radical (unpaired) electrons. The highest BCUT2D eigenvalue weighted by atomic mass is 35.5. The third-order valence-electron chi connectivity index (χ3n) is 11.4. The van der Waals surface area contributed by atoms with Crippen LogP contribution in [0.2, 0.25) is 5.02 Å². The normalized spacial score (nSPS) is 13.3. The second-order valence-corrected chi connectivity index (χ2v) is 15.5. The number of aromatic amines is 2.